The number of hydrogen-bond acceptors (Lipinski definition) is 4. The Morgan fingerprint density at radius 1 is 1.55 bits per heavy atom. The number of thiophene rings is 1. The number of carbonyl (C=O) groups excluding carboxylic acids is 1. The Labute approximate surface area is 139 Å². The lowest BCUT2D eigenvalue weighted by molar-refractivity contribution is -0.118. The molecule has 2 aromatic heterocycles. The second kappa shape index (κ2) is 8.02. The van der Waals surface area contributed by atoms with E-state index in [2.05, 4.69) is 22.1 Å². The van der Waals surface area contributed by atoms with E-state index in [1.54, 1.807) is 24.9 Å². The standard InChI is InChI=1S/C17H18N2OS2/c1-4-6-13-9-15(14-7-5-8-18-10-14)22-17(13)19-16(20)12(2)11-21-3/h5,7-10,12H,11H2,1-3H3,(H,19,20). The van der Waals surface area contributed by atoms with Crippen LogP contribution in [0.15, 0.2) is 30.6 Å². The molecule has 0 aliphatic rings. The number of pyridine rings is 1. The lowest BCUT2D eigenvalue weighted by Crippen LogP contribution is -2.21. The average Bonchev–Trinajstić information content (AvgIpc) is 2.92. The van der Waals surface area contributed by atoms with Crippen LogP contribution in [0, 0.1) is 17.8 Å². The normalized spacial score (nSPS) is 11.4. The maximum Gasteiger partial charge on any atom is 0.228 e. The minimum absolute atomic E-state index is 0.0265. The number of thioether (sulfide) groups is 1. The number of nitrogens with one attached hydrogen (secondary N) is 1. The second-order valence-corrected chi connectivity index (χ2v) is 6.78. The summed E-state index contributed by atoms with van der Waals surface area (Å²) < 4.78 is 0. The average molecular weight is 330 g/mol. The molecule has 1 atom stereocenters. The highest BCUT2D eigenvalue weighted by atomic mass is 32.2. The van der Waals surface area contributed by atoms with E-state index in [9.17, 15) is 4.79 Å². The molecule has 2 heterocycles. The summed E-state index contributed by atoms with van der Waals surface area (Å²) in [7, 11) is 0. The maximum atomic E-state index is 12.2. The molecule has 0 radical (unpaired) electrons. The Bertz CT molecular complexity index is 698. The zero-order valence-corrected chi connectivity index (χ0v) is 14.5. The molecule has 0 bridgehead atoms. The summed E-state index contributed by atoms with van der Waals surface area (Å²) in [4.78, 5) is 17.4. The zero-order chi connectivity index (χ0) is 15.9. The molecule has 0 aliphatic heterocycles. The van der Waals surface area contributed by atoms with Gasteiger partial charge in [0.2, 0.25) is 5.91 Å². The van der Waals surface area contributed by atoms with Crippen molar-refractivity contribution in [3.05, 3.63) is 36.2 Å². The molecule has 2 aromatic rings. The van der Waals surface area contributed by atoms with Gasteiger partial charge in [-0.3, -0.25) is 9.78 Å². The van der Waals surface area contributed by atoms with Gasteiger partial charge in [0.05, 0.1) is 5.56 Å². The van der Waals surface area contributed by atoms with Gasteiger partial charge < -0.3 is 5.32 Å². The highest BCUT2D eigenvalue weighted by molar-refractivity contribution is 7.98. The Morgan fingerprint density at radius 3 is 3.00 bits per heavy atom. The van der Waals surface area contributed by atoms with Crippen molar-refractivity contribution in [1.82, 2.24) is 4.98 Å². The van der Waals surface area contributed by atoms with Crippen molar-refractivity contribution in [3.8, 4) is 22.3 Å². The lowest BCUT2D eigenvalue weighted by Gasteiger charge is -2.09. The van der Waals surface area contributed by atoms with Gasteiger partial charge in [-0.25, -0.2) is 0 Å². The molecule has 2 rings (SSSR count). The van der Waals surface area contributed by atoms with E-state index >= 15 is 0 Å². The fourth-order valence-electron chi connectivity index (χ4n) is 1.92. The van der Waals surface area contributed by atoms with Crippen molar-refractivity contribution in [1.29, 1.82) is 0 Å². The van der Waals surface area contributed by atoms with Crippen molar-refractivity contribution >= 4 is 34.0 Å². The van der Waals surface area contributed by atoms with Crippen molar-refractivity contribution in [2.24, 2.45) is 5.92 Å². The van der Waals surface area contributed by atoms with Crippen LogP contribution in [0.25, 0.3) is 10.4 Å². The van der Waals surface area contributed by atoms with Gasteiger partial charge in [-0.1, -0.05) is 18.9 Å². The molecule has 3 nitrogen and oxygen atoms in total. The van der Waals surface area contributed by atoms with Crippen LogP contribution in [0.2, 0.25) is 0 Å². The highest BCUT2D eigenvalue weighted by Gasteiger charge is 2.16. The molecule has 22 heavy (non-hydrogen) atoms. The molecule has 1 N–H and O–H groups in total. The SMILES string of the molecule is CC#Cc1cc(-c2cccnc2)sc1NC(=O)C(C)CSC. The molecule has 0 spiro atoms. The quantitative estimate of drug-likeness (QED) is 0.839. The molecular formula is C17H18N2OS2. The number of carbonyl (C=O) groups is 1. The lowest BCUT2D eigenvalue weighted by atomic mass is 10.2. The van der Waals surface area contributed by atoms with E-state index in [4.69, 9.17) is 0 Å². The summed E-state index contributed by atoms with van der Waals surface area (Å²) in [5.74, 6) is 6.78. The van der Waals surface area contributed by atoms with Gasteiger partial charge in [-0.2, -0.15) is 11.8 Å². The summed E-state index contributed by atoms with van der Waals surface area (Å²) in [5, 5.41) is 3.82. The summed E-state index contributed by atoms with van der Waals surface area (Å²) in [5.41, 5.74) is 1.89. The van der Waals surface area contributed by atoms with Crippen LogP contribution >= 0.6 is 23.1 Å². The van der Waals surface area contributed by atoms with Gasteiger partial charge in [-0.15, -0.1) is 17.3 Å². The van der Waals surface area contributed by atoms with Crippen LogP contribution < -0.4 is 5.32 Å². The first-order valence-electron chi connectivity index (χ1n) is 6.92. The van der Waals surface area contributed by atoms with E-state index in [-0.39, 0.29) is 11.8 Å². The third-order valence-electron chi connectivity index (χ3n) is 3.04. The molecule has 0 aliphatic carbocycles. The summed E-state index contributed by atoms with van der Waals surface area (Å²) >= 11 is 3.21. The first-order valence-corrected chi connectivity index (χ1v) is 9.13. The van der Waals surface area contributed by atoms with Crippen LogP contribution in [0.4, 0.5) is 5.00 Å². The number of hydrogen-bond donors (Lipinski definition) is 1. The molecule has 0 aromatic carbocycles. The summed E-state index contributed by atoms with van der Waals surface area (Å²) in [6, 6.07) is 5.91. The predicted octanol–water partition coefficient (Wildman–Crippen LogP) is 4.12. The Morgan fingerprint density at radius 2 is 2.36 bits per heavy atom. The molecular weight excluding hydrogens is 312 g/mol. The van der Waals surface area contributed by atoms with Crippen LogP contribution in [0.1, 0.15) is 19.4 Å². The molecule has 0 saturated carbocycles. The molecule has 5 heteroatoms. The monoisotopic (exact) mass is 330 g/mol. The van der Waals surface area contributed by atoms with E-state index in [0.717, 1.165) is 26.8 Å². The fourth-order valence-corrected chi connectivity index (χ4v) is 3.58. The van der Waals surface area contributed by atoms with E-state index < -0.39 is 0 Å². The molecule has 1 unspecified atom stereocenters. The number of anilines is 1. The minimum Gasteiger partial charge on any atom is -0.316 e. The fraction of sp³-hybridized carbons (Fsp3) is 0.294. The first-order chi connectivity index (χ1) is 10.7. The van der Waals surface area contributed by atoms with Crippen molar-refractivity contribution in [2.75, 3.05) is 17.3 Å². The summed E-state index contributed by atoms with van der Waals surface area (Å²) in [6.45, 7) is 3.73. The zero-order valence-electron chi connectivity index (χ0n) is 12.8. The van der Waals surface area contributed by atoms with E-state index in [0.29, 0.717) is 0 Å². The van der Waals surface area contributed by atoms with Gasteiger partial charge in [0.25, 0.3) is 0 Å². The maximum absolute atomic E-state index is 12.2. The van der Waals surface area contributed by atoms with Gasteiger partial charge in [0.1, 0.15) is 5.00 Å². The van der Waals surface area contributed by atoms with Crippen LogP contribution in [-0.2, 0) is 4.79 Å². The Kier molecular flexibility index (Phi) is 6.05. The number of nitrogens with zero attached hydrogens (tertiary/aromatic N) is 1. The van der Waals surface area contributed by atoms with Gasteiger partial charge in [0, 0.05) is 34.5 Å². The van der Waals surface area contributed by atoms with Crippen LogP contribution in [-0.4, -0.2) is 22.9 Å². The van der Waals surface area contributed by atoms with Crippen molar-refractivity contribution in [3.63, 3.8) is 0 Å². The highest BCUT2D eigenvalue weighted by Crippen LogP contribution is 2.35. The third kappa shape index (κ3) is 4.12. The Hall–Kier alpha value is -1.77. The van der Waals surface area contributed by atoms with E-state index in [1.165, 1.54) is 11.3 Å². The first kappa shape index (κ1) is 16.6. The van der Waals surface area contributed by atoms with E-state index in [1.807, 2.05) is 37.6 Å². The van der Waals surface area contributed by atoms with Crippen LogP contribution in [0.3, 0.4) is 0 Å². The smallest absolute Gasteiger partial charge is 0.228 e. The second-order valence-electron chi connectivity index (χ2n) is 4.82. The van der Waals surface area contributed by atoms with Gasteiger partial charge >= 0.3 is 0 Å². The van der Waals surface area contributed by atoms with Crippen molar-refractivity contribution in [2.45, 2.75) is 13.8 Å². The van der Waals surface area contributed by atoms with Crippen LogP contribution in [0.5, 0.6) is 0 Å². The Balaban J connectivity index is 2.28. The molecule has 114 valence electrons. The topological polar surface area (TPSA) is 42.0 Å². The molecule has 1 amide bonds. The third-order valence-corrected chi connectivity index (χ3v) is 4.97. The predicted molar refractivity (Wildman–Crippen MR) is 96.3 cm³/mol. The number of amides is 1. The number of rotatable bonds is 5. The molecule has 0 saturated heterocycles. The summed E-state index contributed by atoms with van der Waals surface area (Å²) in [6.07, 6.45) is 5.57. The van der Waals surface area contributed by atoms with Gasteiger partial charge in [0.15, 0.2) is 0 Å². The largest absolute Gasteiger partial charge is 0.316 e. The minimum atomic E-state index is -0.0265. The molecule has 0 fully saturated rings. The van der Waals surface area contributed by atoms with Gasteiger partial charge in [-0.05, 0) is 25.3 Å². The van der Waals surface area contributed by atoms with Crippen molar-refractivity contribution < 1.29 is 4.79 Å². The number of aromatic nitrogens is 1.